The third-order valence-electron chi connectivity index (χ3n) is 3.78. The number of Topliss-reactive ketones (excluding diaryl/α,β-unsaturated/α-hetero) is 1. The van der Waals surface area contributed by atoms with E-state index in [0.29, 0.717) is 18.7 Å². The molecule has 0 aromatic heterocycles. The fraction of sp³-hybridized carbons (Fsp3) is 0.467. The second kappa shape index (κ2) is 5.03. The van der Waals surface area contributed by atoms with Crippen molar-refractivity contribution < 1.29 is 14.3 Å². The Morgan fingerprint density at radius 3 is 2.79 bits per heavy atom. The molecule has 1 fully saturated rings. The second-order valence-electron chi connectivity index (χ2n) is 5.22. The Kier molecular flexibility index (Phi) is 3.23. The molecule has 1 aromatic carbocycles. The number of hydrogen-bond donors (Lipinski definition) is 0. The number of piperidine rings is 1. The van der Waals surface area contributed by atoms with Gasteiger partial charge in [0.25, 0.3) is 0 Å². The third kappa shape index (κ3) is 2.62. The summed E-state index contributed by atoms with van der Waals surface area (Å²) in [7, 11) is 0. The molecular formula is C15H17NO3. The van der Waals surface area contributed by atoms with Crippen molar-refractivity contribution in [1.29, 1.82) is 0 Å². The van der Waals surface area contributed by atoms with Gasteiger partial charge in [0, 0.05) is 13.0 Å². The van der Waals surface area contributed by atoms with Gasteiger partial charge in [-0.25, -0.2) is 4.79 Å². The number of rotatable bonds is 1. The zero-order valence-electron chi connectivity index (χ0n) is 10.9. The standard InChI is InChI=1S/C15H17NO3/c17-13-5-2-8-16(10-13)15(18)19-14-7-6-11-3-1-4-12(11)9-14/h6-7,9H,1-5,8,10H2. The minimum atomic E-state index is -0.411. The summed E-state index contributed by atoms with van der Waals surface area (Å²) in [5.41, 5.74) is 2.63. The smallest absolute Gasteiger partial charge is 0.410 e. The first-order valence-electron chi connectivity index (χ1n) is 6.82. The average molecular weight is 259 g/mol. The molecule has 4 heteroatoms. The Hall–Kier alpha value is -1.84. The number of benzene rings is 1. The molecule has 0 atom stereocenters. The molecule has 100 valence electrons. The number of carbonyl (C=O) groups is 2. The maximum absolute atomic E-state index is 12.0. The molecule has 1 aromatic rings. The number of carbonyl (C=O) groups excluding carboxylic acids is 2. The van der Waals surface area contributed by atoms with Gasteiger partial charge in [-0.15, -0.1) is 0 Å². The Morgan fingerprint density at radius 2 is 1.95 bits per heavy atom. The lowest BCUT2D eigenvalue weighted by Crippen LogP contribution is -2.41. The van der Waals surface area contributed by atoms with Gasteiger partial charge in [-0.1, -0.05) is 6.07 Å². The van der Waals surface area contributed by atoms with Crippen molar-refractivity contribution in [2.45, 2.75) is 32.1 Å². The van der Waals surface area contributed by atoms with Crippen LogP contribution in [0.25, 0.3) is 0 Å². The van der Waals surface area contributed by atoms with Crippen LogP contribution in [-0.2, 0) is 17.6 Å². The number of nitrogens with zero attached hydrogens (tertiary/aromatic N) is 1. The predicted molar refractivity (Wildman–Crippen MR) is 70.3 cm³/mol. The number of amides is 1. The van der Waals surface area contributed by atoms with Crippen molar-refractivity contribution in [2.75, 3.05) is 13.1 Å². The number of hydrogen-bond acceptors (Lipinski definition) is 3. The molecule has 19 heavy (non-hydrogen) atoms. The minimum absolute atomic E-state index is 0.108. The first-order chi connectivity index (χ1) is 9.22. The molecule has 1 heterocycles. The first-order valence-corrected chi connectivity index (χ1v) is 6.82. The predicted octanol–water partition coefficient (Wildman–Crippen LogP) is 2.34. The van der Waals surface area contributed by atoms with Crippen LogP contribution in [0.4, 0.5) is 4.79 Å². The van der Waals surface area contributed by atoms with Gasteiger partial charge in [-0.2, -0.15) is 0 Å². The molecule has 0 N–H and O–H groups in total. The topological polar surface area (TPSA) is 46.6 Å². The highest BCUT2D eigenvalue weighted by Gasteiger charge is 2.23. The molecule has 1 saturated heterocycles. The van der Waals surface area contributed by atoms with E-state index in [9.17, 15) is 9.59 Å². The number of likely N-dealkylation sites (tertiary alicyclic amines) is 1. The highest BCUT2D eigenvalue weighted by molar-refractivity contribution is 5.85. The first kappa shape index (κ1) is 12.2. The van der Waals surface area contributed by atoms with Gasteiger partial charge >= 0.3 is 6.09 Å². The van der Waals surface area contributed by atoms with E-state index in [1.54, 1.807) is 0 Å². The SMILES string of the molecule is O=C1CCCN(C(=O)Oc2ccc3c(c2)CCC3)C1. The van der Waals surface area contributed by atoms with Crippen LogP contribution < -0.4 is 4.74 Å². The average Bonchev–Trinajstić information content (AvgIpc) is 2.86. The van der Waals surface area contributed by atoms with E-state index in [1.165, 1.54) is 22.4 Å². The third-order valence-corrected chi connectivity index (χ3v) is 3.78. The van der Waals surface area contributed by atoms with Crippen molar-refractivity contribution in [3.8, 4) is 5.75 Å². The molecule has 0 radical (unpaired) electrons. The molecule has 0 saturated carbocycles. The van der Waals surface area contributed by atoms with Crippen LogP contribution in [0.2, 0.25) is 0 Å². The monoisotopic (exact) mass is 259 g/mol. The number of aryl methyl sites for hydroxylation is 2. The van der Waals surface area contributed by atoms with Crippen LogP contribution in [0, 0.1) is 0 Å². The van der Waals surface area contributed by atoms with Crippen molar-refractivity contribution in [3.05, 3.63) is 29.3 Å². The summed E-state index contributed by atoms with van der Waals surface area (Å²) in [6, 6.07) is 5.83. The van der Waals surface area contributed by atoms with E-state index in [-0.39, 0.29) is 12.3 Å². The normalized spacial score (nSPS) is 18.3. The highest BCUT2D eigenvalue weighted by atomic mass is 16.6. The van der Waals surface area contributed by atoms with Crippen molar-refractivity contribution in [2.24, 2.45) is 0 Å². The quantitative estimate of drug-likeness (QED) is 0.777. The lowest BCUT2D eigenvalue weighted by molar-refractivity contribution is -0.121. The van der Waals surface area contributed by atoms with E-state index in [1.807, 2.05) is 18.2 Å². The molecular weight excluding hydrogens is 242 g/mol. The van der Waals surface area contributed by atoms with E-state index in [2.05, 4.69) is 0 Å². The fourth-order valence-electron chi connectivity index (χ4n) is 2.77. The van der Waals surface area contributed by atoms with E-state index in [4.69, 9.17) is 4.74 Å². The summed E-state index contributed by atoms with van der Waals surface area (Å²) >= 11 is 0. The fourth-order valence-corrected chi connectivity index (χ4v) is 2.77. The van der Waals surface area contributed by atoms with Crippen LogP contribution in [0.1, 0.15) is 30.4 Å². The van der Waals surface area contributed by atoms with Crippen LogP contribution in [-0.4, -0.2) is 29.9 Å². The summed E-state index contributed by atoms with van der Waals surface area (Å²) in [4.78, 5) is 24.8. The Morgan fingerprint density at radius 1 is 1.11 bits per heavy atom. The van der Waals surface area contributed by atoms with E-state index >= 15 is 0 Å². The van der Waals surface area contributed by atoms with Crippen LogP contribution in [0.5, 0.6) is 5.75 Å². The Balaban J connectivity index is 1.67. The molecule has 0 bridgehead atoms. The number of ketones is 1. The summed E-state index contributed by atoms with van der Waals surface area (Å²) < 4.78 is 5.36. The molecule has 0 unspecified atom stereocenters. The Bertz CT molecular complexity index is 524. The summed E-state index contributed by atoms with van der Waals surface area (Å²) in [5.74, 6) is 0.695. The highest BCUT2D eigenvalue weighted by Crippen LogP contribution is 2.26. The molecule has 0 spiro atoms. The van der Waals surface area contributed by atoms with Crippen molar-refractivity contribution >= 4 is 11.9 Å². The maximum Gasteiger partial charge on any atom is 0.415 e. The molecule has 1 aliphatic carbocycles. The van der Waals surface area contributed by atoms with Gasteiger partial charge in [-0.3, -0.25) is 4.79 Å². The molecule has 1 amide bonds. The van der Waals surface area contributed by atoms with Gasteiger partial charge in [0.05, 0.1) is 6.54 Å². The van der Waals surface area contributed by atoms with Crippen LogP contribution in [0.3, 0.4) is 0 Å². The lowest BCUT2D eigenvalue weighted by Gasteiger charge is -2.24. The van der Waals surface area contributed by atoms with Gasteiger partial charge in [0.15, 0.2) is 5.78 Å². The largest absolute Gasteiger partial charge is 0.415 e. The van der Waals surface area contributed by atoms with Gasteiger partial charge in [0.1, 0.15) is 5.75 Å². The van der Waals surface area contributed by atoms with Gasteiger partial charge < -0.3 is 9.64 Å². The zero-order valence-corrected chi connectivity index (χ0v) is 10.9. The summed E-state index contributed by atoms with van der Waals surface area (Å²) in [6.45, 7) is 0.791. The summed E-state index contributed by atoms with van der Waals surface area (Å²) in [5, 5.41) is 0. The maximum atomic E-state index is 12.0. The van der Waals surface area contributed by atoms with E-state index < -0.39 is 6.09 Å². The van der Waals surface area contributed by atoms with Crippen molar-refractivity contribution in [1.82, 2.24) is 4.90 Å². The second-order valence-corrected chi connectivity index (χ2v) is 5.22. The van der Waals surface area contributed by atoms with Crippen molar-refractivity contribution in [3.63, 3.8) is 0 Å². The van der Waals surface area contributed by atoms with Gasteiger partial charge in [-0.05, 0) is 48.9 Å². The number of ether oxygens (including phenoxy) is 1. The van der Waals surface area contributed by atoms with Crippen LogP contribution >= 0.6 is 0 Å². The number of fused-ring (bicyclic) bond motifs is 1. The lowest BCUT2D eigenvalue weighted by atomic mass is 10.1. The van der Waals surface area contributed by atoms with Gasteiger partial charge in [0.2, 0.25) is 0 Å². The molecule has 4 nitrogen and oxygen atoms in total. The minimum Gasteiger partial charge on any atom is -0.410 e. The summed E-state index contributed by atoms with van der Waals surface area (Å²) in [6.07, 6.45) is 4.24. The van der Waals surface area contributed by atoms with Crippen LogP contribution in [0.15, 0.2) is 18.2 Å². The molecule has 1 aliphatic heterocycles. The molecule has 2 aliphatic rings. The zero-order chi connectivity index (χ0) is 13.2. The Labute approximate surface area is 112 Å². The van der Waals surface area contributed by atoms with E-state index in [0.717, 1.165) is 19.3 Å². The molecule has 3 rings (SSSR count).